The molecule has 37 heavy (non-hydrogen) atoms. The van der Waals surface area contributed by atoms with Gasteiger partial charge in [-0.2, -0.15) is 0 Å². The van der Waals surface area contributed by atoms with E-state index in [9.17, 15) is 19.5 Å². The average molecular weight is 535 g/mol. The average Bonchev–Trinajstić information content (AvgIpc) is 3.47. The summed E-state index contributed by atoms with van der Waals surface area (Å²) in [4.78, 5) is 42.6. The molecule has 1 atom stereocenters. The van der Waals surface area contributed by atoms with Crippen LogP contribution in [0.15, 0.2) is 86.1 Å². The number of carboxylic acids is 1. The number of hydrogen-bond acceptors (Lipinski definition) is 7. The molecule has 0 amide bonds. The molecule has 10 heteroatoms. The Bertz CT molecular complexity index is 1760. The van der Waals surface area contributed by atoms with Gasteiger partial charge in [-0.05, 0) is 42.8 Å². The molecule has 0 fully saturated rings. The molecule has 5 rings (SSSR count). The SMILES string of the molecule is COC(=O)C1=C(C)N=c2sc(=Cc3ccc(-c4cc(C(=O)O)ccc4Cl)o3)c(=O)n2C1c1ccccc1. The molecule has 0 spiro atoms. The van der Waals surface area contributed by atoms with E-state index in [0.717, 1.165) is 5.56 Å². The zero-order valence-electron chi connectivity index (χ0n) is 19.6. The van der Waals surface area contributed by atoms with Gasteiger partial charge >= 0.3 is 11.9 Å². The number of carbonyl (C=O) groups excluding carboxylic acids is 1. The lowest BCUT2D eigenvalue weighted by molar-refractivity contribution is -0.136. The number of hydrogen-bond donors (Lipinski definition) is 1. The molecule has 0 bridgehead atoms. The van der Waals surface area contributed by atoms with Gasteiger partial charge in [-0.25, -0.2) is 14.6 Å². The van der Waals surface area contributed by atoms with E-state index in [1.54, 1.807) is 25.1 Å². The monoisotopic (exact) mass is 534 g/mol. The number of fused-ring (bicyclic) bond motifs is 1. The Hall–Kier alpha value is -4.21. The van der Waals surface area contributed by atoms with Crippen LogP contribution in [0.3, 0.4) is 0 Å². The summed E-state index contributed by atoms with van der Waals surface area (Å²) < 4.78 is 12.7. The van der Waals surface area contributed by atoms with E-state index >= 15 is 0 Å². The van der Waals surface area contributed by atoms with E-state index in [4.69, 9.17) is 20.8 Å². The molecule has 0 radical (unpaired) electrons. The van der Waals surface area contributed by atoms with Crippen molar-refractivity contribution in [2.24, 2.45) is 4.99 Å². The summed E-state index contributed by atoms with van der Waals surface area (Å²) in [6.07, 6.45) is 1.58. The molecule has 4 aromatic rings. The Labute approximate surface area is 219 Å². The number of carbonyl (C=O) groups is 2. The van der Waals surface area contributed by atoms with Gasteiger partial charge in [0.05, 0.1) is 39.5 Å². The van der Waals surface area contributed by atoms with Crippen LogP contribution in [0.1, 0.15) is 34.6 Å². The van der Waals surface area contributed by atoms with Gasteiger partial charge in [0.15, 0.2) is 4.80 Å². The van der Waals surface area contributed by atoms with Gasteiger partial charge in [-0.15, -0.1) is 0 Å². The van der Waals surface area contributed by atoms with Crippen LogP contribution in [0.25, 0.3) is 17.4 Å². The minimum atomic E-state index is -1.08. The molecule has 0 saturated carbocycles. The summed E-state index contributed by atoms with van der Waals surface area (Å²) in [6, 6.07) is 16.2. The Morgan fingerprint density at radius 1 is 1.16 bits per heavy atom. The smallest absolute Gasteiger partial charge is 0.338 e. The maximum Gasteiger partial charge on any atom is 0.338 e. The summed E-state index contributed by atoms with van der Waals surface area (Å²) in [5, 5.41) is 9.62. The van der Waals surface area contributed by atoms with Gasteiger partial charge in [0.25, 0.3) is 5.56 Å². The molecule has 186 valence electrons. The van der Waals surface area contributed by atoms with Crippen molar-refractivity contribution >= 4 is 41.0 Å². The fraction of sp³-hybridized carbons (Fsp3) is 0.111. The first-order valence-electron chi connectivity index (χ1n) is 11.1. The number of halogens is 1. The van der Waals surface area contributed by atoms with Crippen molar-refractivity contribution in [3.63, 3.8) is 0 Å². The highest BCUT2D eigenvalue weighted by atomic mass is 35.5. The van der Waals surface area contributed by atoms with Crippen LogP contribution < -0.4 is 14.9 Å². The van der Waals surface area contributed by atoms with Crippen LogP contribution in [0.5, 0.6) is 0 Å². The van der Waals surface area contributed by atoms with E-state index in [2.05, 4.69) is 4.99 Å². The topological polar surface area (TPSA) is 111 Å². The van der Waals surface area contributed by atoms with Crippen molar-refractivity contribution in [3.8, 4) is 11.3 Å². The number of benzene rings is 2. The highest BCUT2D eigenvalue weighted by Gasteiger charge is 2.32. The zero-order chi connectivity index (χ0) is 26.3. The minimum absolute atomic E-state index is 0.0725. The number of ether oxygens (including phenoxy) is 1. The summed E-state index contributed by atoms with van der Waals surface area (Å²) in [6.45, 7) is 1.72. The molecule has 0 aliphatic carbocycles. The van der Waals surface area contributed by atoms with E-state index in [0.29, 0.717) is 42.7 Å². The van der Waals surface area contributed by atoms with Crippen molar-refractivity contribution < 1.29 is 23.8 Å². The highest BCUT2D eigenvalue weighted by molar-refractivity contribution is 7.07. The lowest BCUT2D eigenvalue weighted by atomic mass is 9.96. The summed E-state index contributed by atoms with van der Waals surface area (Å²) >= 11 is 7.44. The first-order chi connectivity index (χ1) is 17.8. The van der Waals surface area contributed by atoms with E-state index in [1.165, 1.54) is 41.2 Å². The minimum Gasteiger partial charge on any atom is -0.478 e. The van der Waals surface area contributed by atoms with Crippen molar-refractivity contribution in [3.05, 3.63) is 114 Å². The molecule has 8 nitrogen and oxygen atoms in total. The molecule has 1 N–H and O–H groups in total. The molecular weight excluding hydrogens is 516 g/mol. The number of thiazole rings is 1. The van der Waals surface area contributed by atoms with Crippen LogP contribution in [-0.2, 0) is 9.53 Å². The van der Waals surface area contributed by atoms with Crippen LogP contribution in [-0.4, -0.2) is 28.7 Å². The van der Waals surface area contributed by atoms with Gasteiger partial charge in [0.2, 0.25) is 0 Å². The zero-order valence-corrected chi connectivity index (χ0v) is 21.2. The molecule has 2 aromatic carbocycles. The molecule has 3 heterocycles. The normalized spacial score (nSPS) is 15.3. The third-order valence-corrected chi connectivity index (χ3v) is 7.23. The summed E-state index contributed by atoms with van der Waals surface area (Å²) in [7, 11) is 1.29. The van der Waals surface area contributed by atoms with Gasteiger partial charge in [-0.1, -0.05) is 53.3 Å². The largest absolute Gasteiger partial charge is 0.478 e. The van der Waals surface area contributed by atoms with Gasteiger partial charge in [-0.3, -0.25) is 9.36 Å². The Balaban J connectivity index is 1.63. The first kappa shape index (κ1) is 24.5. The first-order valence-corrected chi connectivity index (χ1v) is 12.3. The Morgan fingerprint density at radius 2 is 1.92 bits per heavy atom. The quantitative estimate of drug-likeness (QED) is 0.387. The number of allylic oxidation sites excluding steroid dienone is 1. The van der Waals surface area contributed by atoms with Crippen LogP contribution in [0.4, 0.5) is 0 Å². The van der Waals surface area contributed by atoms with Gasteiger partial charge in [0, 0.05) is 11.6 Å². The fourth-order valence-corrected chi connectivity index (χ4v) is 5.43. The number of furan rings is 1. The second-order valence-electron chi connectivity index (χ2n) is 8.19. The van der Waals surface area contributed by atoms with Gasteiger partial charge in [0.1, 0.15) is 11.5 Å². The van der Waals surface area contributed by atoms with Crippen LogP contribution in [0.2, 0.25) is 5.02 Å². The molecule has 1 unspecified atom stereocenters. The number of aromatic carboxylic acids is 1. The second-order valence-corrected chi connectivity index (χ2v) is 9.60. The lowest BCUT2D eigenvalue weighted by Gasteiger charge is -2.24. The molecular formula is C27H19ClN2O6S. The summed E-state index contributed by atoms with van der Waals surface area (Å²) in [5.74, 6) is -0.906. The number of aromatic nitrogens is 1. The summed E-state index contributed by atoms with van der Waals surface area (Å²) in [5.41, 5.74) is 1.67. The van der Waals surface area contributed by atoms with Crippen molar-refractivity contribution in [1.82, 2.24) is 4.57 Å². The Kier molecular flexibility index (Phi) is 6.41. The third-order valence-electron chi connectivity index (χ3n) is 5.92. The third kappa shape index (κ3) is 4.43. The number of esters is 1. The fourth-order valence-electron chi connectivity index (χ4n) is 4.19. The van der Waals surface area contributed by atoms with Crippen molar-refractivity contribution in [2.45, 2.75) is 13.0 Å². The number of rotatable bonds is 5. The molecule has 2 aromatic heterocycles. The lowest BCUT2D eigenvalue weighted by Crippen LogP contribution is -2.39. The highest BCUT2D eigenvalue weighted by Crippen LogP contribution is 2.32. The van der Waals surface area contributed by atoms with E-state index < -0.39 is 18.0 Å². The van der Waals surface area contributed by atoms with Crippen LogP contribution >= 0.6 is 22.9 Å². The Morgan fingerprint density at radius 3 is 2.62 bits per heavy atom. The van der Waals surface area contributed by atoms with Crippen molar-refractivity contribution in [1.29, 1.82) is 0 Å². The van der Waals surface area contributed by atoms with E-state index in [1.807, 2.05) is 30.3 Å². The maximum absolute atomic E-state index is 13.6. The molecule has 0 saturated heterocycles. The standard InChI is InChI=1S/C27H19ClN2O6S/c1-14-22(26(34)35-2)23(15-6-4-3-5-7-15)30-24(31)21(37-27(30)29-14)13-17-9-11-20(36-17)18-12-16(25(32)33)8-10-19(18)28/h3-13,23H,1-2H3,(H,32,33). The van der Waals surface area contributed by atoms with Crippen LogP contribution in [0, 0.1) is 0 Å². The number of methoxy groups -OCH3 is 1. The predicted octanol–water partition coefficient (Wildman–Crippen LogP) is 4.02. The second kappa shape index (κ2) is 9.68. The number of nitrogens with zero attached hydrogens (tertiary/aromatic N) is 2. The van der Waals surface area contributed by atoms with Gasteiger partial charge < -0.3 is 14.3 Å². The number of carboxylic acid groups (broad SMARTS) is 1. The van der Waals surface area contributed by atoms with Crippen molar-refractivity contribution in [2.75, 3.05) is 7.11 Å². The predicted molar refractivity (Wildman–Crippen MR) is 138 cm³/mol. The molecule has 1 aliphatic heterocycles. The van der Waals surface area contributed by atoms with E-state index in [-0.39, 0.29) is 11.1 Å². The molecule has 1 aliphatic rings. The maximum atomic E-state index is 13.6.